The Morgan fingerprint density at radius 1 is 1.23 bits per heavy atom. The van der Waals surface area contributed by atoms with Crippen LogP contribution in [0, 0.1) is 5.82 Å². The van der Waals surface area contributed by atoms with Crippen molar-refractivity contribution in [1.82, 2.24) is 0 Å². The van der Waals surface area contributed by atoms with Crippen LogP contribution in [0.4, 0.5) is 4.39 Å². The van der Waals surface area contributed by atoms with Gasteiger partial charge < -0.3 is 8.74 Å². The average Bonchev–Trinajstić information content (AvgIpc) is 1.91. The van der Waals surface area contributed by atoms with E-state index in [4.69, 9.17) is 0 Å². The standard InChI is InChI=1S/C6H5FO4S.Na/c7-5-1-3-6(4-2-5)11-12(8,9)10;/h1-4H,(H,8,9,10);/q;+1/p-1. The Hall–Kier alpha value is -0.140. The van der Waals surface area contributed by atoms with Gasteiger partial charge in [0.25, 0.3) is 10.4 Å². The summed E-state index contributed by atoms with van der Waals surface area (Å²) in [7, 11) is -4.76. The molecule has 4 nitrogen and oxygen atoms in total. The van der Waals surface area contributed by atoms with Crippen molar-refractivity contribution in [3.63, 3.8) is 0 Å². The average molecular weight is 214 g/mol. The van der Waals surface area contributed by atoms with Crippen molar-refractivity contribution < 1.29 is 51.1 Å². The number of benzene rings is 1. The van der Waals surface area contributed by atoms with Crippen LogP contribution < -0.4 is 33.7 Å². The topological polar surface area (TPSA) is 66.4 Å². The fourth-order valence-electron chi connectivity index (χ4n) is 0.608. The molecule has 0 bridgehead atoms. The van der Waals surface area contributed by atoms with Gasteiger partial charge in [-0.2, -0.15) is 0 Å². The predicted molar refractivity (Wildman–Crippen MR) is 36.7 cm³/mol. The molecule has 7 heteroatoms. The van der Waals surface area contributed by atoms with Gasteiger partial charge >= 0.3 is 29.6 Å². The molecule has 66 valence electrons. The van der Waals surface area contributed by atoms with Gasteiger partial charge in [0.1, 0.15) is 11.6 Å². The largest absolute Gasteiger partial charge is 1.00 e. The fraction of sp³-hybridized carbons (Fsp3) is 0. The van der Waals surface area contributed by atoms with Crippen LogP contribution in [0.2, 0.25) is 0 Å². The van der Waals surface area contributed by atoms with Crippen molar-refractivity contribution in [3.05, 3.63) is 30.1 Å². The molecule has 0 fully saturated rings. The molecule has 0 radical (unpaired) electrons. The zero-order valence-corrected chi connectivity index (χ0v) is 9.55. The number of hydrogen-bond acceptors (Lipinski definition) is 4. The molecule has 1 aromatic rings. The van der Waals surface area contributed by atoms with E-state index in [-0.39, 0.29) is 35.3 Å². The second-order valence-electron chi connectivity index (χ2n) is 1.95. The predicted octanol–water partition coefficient (Wildman–Crippen LogP) is -2.33. The van der Waals surface area contributed by atoms with Crippen molar-refractivity contribution >= 4 is 10.4 Å². The third-order valence-corrected chi connectivity index (χ3v) is 1.41. The molecule has 0 spiro atoms. The van der Waals surface area contributed by atoms with Crippen LogP contribution in [0.1, 0.15) is 0 Å². The van der Waals surface area contributed by atoms with Crippen LogP contribution >= 0.6 is 0 Å². The van der Waals surface area contributed by atoms with Crippen LogP contribution in [0.3, 0.4) is 0 Å². The Balaban J connectivity index is 0.00000144. The minimum atomic E-state index is -4.76. The van der Waals surface area contributed by atoms with Crippen molar-refractivity contribution in [2.24, 2.45) is 0 Å². The van der Waals surface area contributed by atoms with Gasteiger partial charge in [-0.15, -0.1) is 0 Å². The maximum atomic E-state index is 12.2. The smallest absolute Gasteiger partial charge is 0.716 e. The summed E-state index contributed by atoms with van der Waals surface area (Å²) in [5, 5.41) is 0. The third-order valence-electron chi connectivity index (χ3n) is 1.01. The zero-order valence-electron chi connectivity index (χ0n) is 6.73. The zero-order chi connectivity index (χ0) is 9.19. The second kappa shape index (κ2) is 4.92. The molecule has 1 rings (SSSR count). The van der Waals surface area contributed by atoms with Gasteiger partial charge in [-0.25, -0.2) is 12.8 Å². The van der Waals surface area contributed by atoms with E-state index in [0.717, 1.165) is 24.3 Å². The first-order valence-electron chi connectivity index (χ1n) is 2.88. The van der Waals surface area contributed by atoms with E-state index in [0.29, 0.717) is 0 Å². The normalized spacial score (nSPS) is 10.3. The molecule has 0 aromatic heterocycles. The molecule has 13 heavy (non-hydrogen) atoms. The summed E-state index contributed by atoms with van der Waals surface area (Å²) in [5.41, 5.74) is 0. The molecule has 0 heterocycles. The molecular weight excluding hydrogens is 210 g/mol. The van der Waals surface area contributed by atoms with E-state index >= 15 is 0 Å². The minimum Gasteiger partial charge on any atom is -0.716 e. The van der Waals surface area contributed by atoms with Crippen LogP contribution in [-0.2, 0) is 10.4 Å². The van der Waals surface area contributed by atoms with E-state index in [2.05, 4.69) is 4.18 Å². The van der Waals surface area contributed by atoms with Crippen molar-refractivity contribution in [1.29, 1.82) is 0 Å². The number of halogens is 1. The minimum absolute atomic E-state index is 0. The SMILES string of the molecule is O=S(=O)([O-])Oc1ccc(F)cc1.[Na+]. The Morgan fingerprint density at radius 2 is 1.69 bits per heavy atom. The van der Waals surface area contributed by atoms with Gasteiger partial charge in [-0.3, -0.25) is 0 Å². The first-order valence-corrected chi connectivity index (χ1v) is 4.21. The van der Waals surface area contributed by atoms with Crippen molar-refractivity contribution in [2.75, 3.05) is 0 Å². The van der Waals surface area contributed by atoms with Gasteiger partial charge in [0.2, 0.25) is 0 Å². The fourth-order valence-corrected chi connectivity index (χ4v) is 0.955. The summed E-state index contributed by atoms with van der Waals surface area (Å²) in [6, 6.07) is 4.07. The molecular formula is C6H4FNaO4S. The Labute approximate surface area is 97.0 Å². The van der Waals surface area contributed by atoms with Crippen LogP contribution in [0.15, 0.2) is 24.3 Å². The number of hydrogen-bond donors (Lipinski definition) is 0. The molecule has 0 saturated heterocycles. The number of rotatable bonds is 2. The summed E-state index contributed by atoms with van der Waals surface area (Å²) in [6.45, 7) is 0. The Kier molecular flexibility index (Phi) is 4.87. The third kappa shape index (κ3) is 5.22. The summed E-state index contributed by atoms with van der Waals surface area (Å²) in [5.74, 6) is -0.739. The first-order chi connectivity index (χ1) is 5.47. The molecule has 0 amide bonds. The molecule has 0 aliphatic heterocycles. The van der Waals surface area contributed by atoms with E-state index in [9.17, 15) is 17.4 Å². The molecule has 0 unspecified atom stereocenters. The first kappa shape index (κ1) is 12.9. The van der Waals surface area contributed by atoms with Crippen LogP contribution in [0.5, 0.6) is 5.75 Å². The van der Waals surface area contributed by atoms with Crippen LogP contribution in [0.25, 0.3) is 0 Å². The molecule has 1 aromatic carbocycles. The molecule has 0 aliphatic carbocycles. The molecule has 0 saturated carbocycles. The van der Waals surface area contributed by atoms with Gasteiger partial charge in [0.05, 0.1) is 0 Å². The second-order valence-corrected chi connectivity index (χ2v) is 2.93. The van der Waals surface area contributed by atoms with Crippen molar-refractivity contribution in [2.45, 2.75) is 0 Å². The van der Waals surface area contributed by atoms with Gasteiger partial charge in [-0.05, 0) is 24.3 Å². The van der Waals surface area contributed by atoms with Crippen molar-refractivity contribution in [3.8, 4) is 5.75 Å². The van der Waals surface area contributed by atoms with Crippen LogP contribution in [-0.4, -0.2) is 13.0 Å². The summed E-state index contributed by atoms with van der Waals surface area (Å²) in [6.07, 6.45) is 0. The monoisotopic (exact) mass is 214 g/mol. The van der Waals surface area contributed by atoms with Gasteiger partial charge in [0.15, 0.2) is 0 Å². The van der Waals surface area contributed by atoms with Gasteiger partial charge in [0, 0.05) is 0 Å². The Bertz CT molecular complexity index is 361. The maximum Gasteiger partial charge on any atom is 1.00 e. The van der Waals surface area contributed by atoms with E-state index < -0.39 is 16.2 Å². The quantitative estimate of drug-likeness (QED) is 0.314. The summed E-state index contributed by atoms with van der Waals surface area (Å²) in [4.78, 5) is 0. The maximum absolute atomic E-state index is 12.2. The van der Waals surface area contributed by atoms with E-state index in [1.54, 1.807) is 0 Å². The molecule has 0 atom stereocenters. The van der Waals surface area contributed by atoms with Gasteiger partial charge in [-0.1, -0.05) is 0 Å². The molecule has 0 N–H and O–H groups in total. The summed E-state index contributed by atoms with van der Waals surface area (Å²) >= 11 is 0. The van der Waals surface area contributed by atoms with E-state index in [1.807, 2.05) is 0 Å². The van der Waals surface area contributed by atoms with E-state index in [1.165, 1.54) is 0 Å². The molecule has 0 aliphatic rings. The Morgan fingerprint density at radius 3 is 2.08 bits per heavy atom. The summed E-state index contributed by atoms with van der Waals surface area (Å²) < 4.78 is 46.2.